The summed E-state index contributed by atoms with van der Waals surface area (Å²) in [5, 5.41) is 16.8. The molecule has 0 spiro atoms. The van der Waals surface area contributed by atoms with E-state index in [9.17, 15) is 9.59 Å². The SMILES string of the molecule is C=CC(=O)O.O=C(O)C(=CC1=CCCC1)C1=CCCC1. The Morgan fingerprint density at radius 2 is 1.70 bits per heavy atom. The van der Waals surface area contributed by atoms with Gasteiger partial charge in [-0.1, -0.05) is 24.3 Å². The second-order valence-electron chi connectivity index (χ2n) is 4.70. The van der Waals surface area contributed by atoms with Crippen LogP contribution in [0.15, 0.2) is 47.6 Å². The second-order valence-corrected chi connectivity index (χ2v) is 4.70. The molecule has 20 heavy (non-hydrogen) atoms. The molecule has 0 heterocycles. The van der Waals surface area contributed by atoms with Crippen molar-refractivity contribution in [2.75, 3.05) is 0 Å². The summed E-state index contributed by atoms with van der Waals surface area (Å²) in [6, 6.07) is 0. The minimum Gasteiger partial charge on any atom is -0.478 e. The molecule has 0 unspecified atom stereocenters. The summed E-state index contributed by atoms with van der Waals surface area (Å²) in [7, 11) is 0. The van der Waals surface area contributed by atoms with E-state index in [0.29, 0.717) is 5.57 Å². The quantitative estimate of drug-likeness (QED) is 0.771. The van der Waals surface area contributed by atoms with Crippen LogP contribution in [-0.4, -0.2) is 22.2 Å². The fraction of sp³-hybridized carbons (Fsp3) is 0.375. The molecule has 0 radical (unpaired) electrons. The molecule has 0 aromatic carbocycles. The highest BCUT2D eigenvalue weighted by atomic mass is 16.4. The molecule has 0 amide bonds. The zero-order valence-electron chi connectivity index (χ0n) is 11.5. The first kappa shape index (κ1) is 16.0. The molecular weight excluding hydrogens is 256 g/mol. The molecular formula is C16H20O4. The van der Waals surface area contributed by atoms with Crippen LogP contribution in [0.5, 0.6) is 0 Å². The van der Waals surface area contributed by atoms with Crippen LogP contribution in [0.3, 0.4) is 0 Å². The van der Waals surface area contributed by atoms with Gasteiger partial charge in [-0.05, 0) is 50.2 Å². The maximum absolute atomic E-state index is 11.1. The monoisotopic (exact) mass is 276 g/mol. The molecule has 0 aromatic rings. The van der Waals surface area contributed by atoms with E-state index in [4.69, 9.17) is 10.2 Å². The van der Waals surface area contributed by atoms with Crippen molar-refractivity contribution in [3.8, 4) is 0 Å². The number of rotatable bonds is 4. The van der Waals surface area contributed by atoms with Crippen molar-refractivity contribution in [2.24, 2.45) is 0 Å². The van der Waals surface area contributed by atoms with Gasteiger partial charge in [-0.2, -0.15) is 0 Å². The zero-order chi connectivity index (χ0) is 15.0. The molecule has 0 saturated carbocycles. The highest BCUT2D eigenvalue weighted by Crippen LogP contribution is 2.28. The van der Waals surface area contributed by atoms with Crippen LogP contribution < -0.4 is 0 Å². The first-order chi connectivity index (χ1) is 9.54. The van der Waals surface area contributed by atoms with Gasteiger partial charge in [0.25, 0.3) is 0 Å². The highest BCUT2D eigenvalue weighted by Gasteiger charge is 2.17. The predicted molar refractivity (Wildman–Crippen MR) is 77.4 cm³/mol. The Balaban J connectivity index is 0.000000347. The largest absolute Gasteiger partial charge is 0.478 e. The number of allylic oxidation sites excluding steroid dienone is 4. The first-order valence-electron chi connectivity index (χ1n) is 6.73. The van der Waals surface area contributed by atoms with Gasteiger partial charge in [0.15, 0.2) is 0 Å². The lowest BCUT2D eigenvalue weighted by molar-refractivity contribution is -0.133. The third-order valence-corrected chi connectivity index (χ3v) is 3.20. The molecule has 0 fully saturated rings. The van der Waals surface area contributed by atoms with Gasteiger partial charge in [0, 0.05) is 6.08 Å². The van der Waals surface area contributed by atoms with Crippen LogP contribution in [0.2, 0.25) is 0 Å². The average Bonchev–Trinajstić information content (AvgIpc) is 3.09. The van der Waals surface area contributed by atoms with E-state index in [2.05, 4.69) is 18.7 Å². The van der Waals surface area contributed by atoms with Crippen LogP contribution in [0.4, 0.5) is 0 Å². The van der Waals surface area contributed by atoms with E-state index < -0.39 is 11.9 Å². The second kappa shape index (κ2) is 8.15. The molecule has 4 heteroatoms. The van der Waals surface area contributed by atoms with Gasteiger partial charge in [0.05, 0.1) is 5.57 Å². The zero-order valence-corrected chi connectivity index (χ0v) is 11.5. The maximum Gasteiger partial charge on any atom is 0.335 e. The molecule has 0 saturated heterocycles. The van der Waals surface area contributed by atoms with E-state index in [1.807, 2.05) is 6.08 Å². The molecule has 2 aliphatic carbocycles. The Hall–Kier alpha value is -2.10. The van der Waals surface area contributed by atoms with E-state index in [1.165, 1.54) is 5.57 Å². The third kappa shape index (κ3) is 5.26. The van der Waals surface area contributed by atoms with Crippen molar-refractivity contribution in [1.29, 1.82) is 0 Å². The Bertz CT molecular complexity index is 481. The Labute approximate surface area is 118 Å². The maximum atomic E-state index is 11.1. The van der Waals surface area contributed by atoms with Gasteiger partial charge in [-0.3, -0.25) is 0 Å². The lowest BCUT2D eigenvalue weighted by atomic mass is 10.0. The van der Waals surface area contributed by atoms with Crippen LogP contribution in [0.1, 0.15) is 38.5 Å². The van der Waals surface area contributed by atoms with Crippen LogP contribution in [0, 0.1) is 0 Å². The molecule has 0 aromatic heterocycles. The summed E-state index contributed by atoms with van der Waals surface area (Å²) in [5.41, 5.74) is 2.73. The lowest BCUT2D eigenvalue weighted by Crippen LogP contribution is -2.03. The molecule has 2 rings (SSSR count). The molecule has 0 atom stereocenters. The molecule has 0 bridgehead atoms. The van der Waals surface area contributed by atoms with Gasteiger partial charge in [0.1, 0.15) is 0 Å². The summed E-state index contributed by atoms with van der Waals surface area (Å²) in [6.07, 6.45) is 13.3. The van der Waals surface area contributed by atoms with Crippen molar-refractivity contribution < 1.29 is 19.8 Å². The summed E-state index contributed by atoms with van der Waals surface area (Å²) in [4.78, 5) is 20.4. The number of carbonyl (C=O) groups is 2. The van der Waals surface area contributed by atoms with E-state index >= 15 is 0 Å². The van der Waals surface area contributed by atoms with Crippen LogP contribution in [-0.2, 0) is 9.59 Å². The normalized spacial score (nSPS) is 17.7. The van der Waals surface area contributed by atoms with E-state index in [0.717, 1.165) is 50.2 Å². The molecule has 2 aliphatic rings. The molecule has 2 N–H and O–H groups in total. The standard InChI is InChI=1S/C13H16O2.C3H4O2/c14-13(15)12(11-7-3-4-8-11)9-10-5-1-2-6-10;1-2-3(4)5/h5,7,9H,1-4,6,8H2,(H,14,15);2H,1H2,(H,4,5). The summed E-state index contributed by atoms with van der Waals surface area (Å²) in [5.74, 6) is -1.76. The number of hydrogen-bond acceptors (Lipinski definition) is 2. The van der Waals surface area contributed by atoms with Crippen molar-refractivity contribution in [2.45, 2.75) is 38.5 Å². The smallest absolute Gasteiger partial charge is 0.335 e. The fourth-order valence-electron chi connectivity index (χ4n) is 2.22. The van der Waals surface area contributed by atoms with Crippen LogP contribution >= 0.6 is 0 Å². The Morgan fingerprint density at radius 1 is 1.10 bits per heavy atom. The molecule has 108 valence electrons. The predicted octanol–water partition coefficient (Wildman–Crippen LogP) is 3.48. The average molecular weight is 276 g/mol. The van der Waals surface area contributed by atoms with Crippen molar-refractivity contribution in [1.82, 2.24) is 0 Å². The molecule has 4 nitrogen and oxygen atoms in total. The van der Waals surface area contributed by atoms with Gasteiger partial charge in [0.2, 0.25) is 0 Å². The van der Waals surface area contributed by atoms with Gasteiger partial charge < -0.3 is 10.2 Å². The van der Waals surface area contributed by atoms with Crippen molar-refractivity contribution in [3.63, 3.8) is 0 Å². The summed E-state index contributed by atoms with van der Waals surface area (Å²) < 4.78 is 0. The van der Waals surface area contributed by atoms with Gasteiger partial charge in [-0.15, -0.1) is 0 Å². The van der Waals surface area contributed by atoms with E-state index in [-0.39, 0.29) is 0 Å². The fourth-order valence-corrected chi connectivity index (χ4v) is 2.22. The topological polar surface area (TPSA) is 74.6 Å². The minimum atomic E-state index is -0.981. The third-order valence-electron chi connectivity index (χ3n) is 3.20. The van der Waals surface area contributed by atoms with Crippen molar-refractivity contribution in [3.05, 3.63) is 47.6 Å². The molecule has 0 aliphatic heterocycles. The van der Waals surface area contributed by atoms with Crippen LogP contribution in [0.25, 0.3) is 0 Å². The van der Waals surface area contributed by atoms with E-state index in [1.54, 1.807) is 0 Å². The Kier molecular flexibility index (Phi) is 6.50. The first-order valence-corrected chi connectivity index (χ1v) is 6.73. The number of hydrogen-bond donors (Lipinski definition) is 2. The number of aliphatic carboxylic acids is 2. The highest BCUT2D eigenvalue weighted by molar-refractivity contribution is 5.92. The minimum absolute atomic E-state index is 0.514. The van der Waals surface area contributed by atoms with Gasteiger partial charge in [-0.25, -0.2) is 9.59 Å². The Morgan fingerprint density at radius 3 is 2.10 bits per heavy atom. The summed E-state index contributed by atoms with van der Waals surface area (Å²) in [6.45, 7) is 2.96. The summed E-state index contributed by atoms with van der Waals surface area (Å²) >= 11 is 0. The van der Waals surface area contributed by atoms with Gasteiger partial charge >= 0.3 is 11.9 Å². The number of carboxylic acids is 2. The number of carboxylic acid groups (broad SMARTS) is 2. The lowest BCUT2D eigenvalue weighted by Gasteiger charge is -2.03. The van der Waals surface area contributed by atoms with Crippen molar-refractivity contribution >= 4 is 11.9 Å².